The molecule has 0 aliphatic carbocycles. The first kappa shape index (κ1) is 8.21. The van der Waals surface area contributed by atoms with Crippen LogP contribution in [0.3, 0.4) is 0 Å². The van der Waals surface area contributed by atoms with Gasteiger partial charge in [-0.25, -0.2) is 4.39 Å². The van der Waals surface area contributed by atoms with Crippen molar-refractivity contribution in [3.63, 3.8) is 0 Å². The van der Waals surface area contributed by atoms with Crippen LogP contribution < -0.4 is 0 Å². The Morgan fingerprint density at radius 2 is 2.50 bits per heavy atom. The zero-order valence-electron chi connectivity index (χ0n) is 5.31. The zero-order valence-corrected chi connectivity index (χ0v) is 7.66. The van der Waals surface area contributed by atoms with Gasteiger partial charge >= 0.3 is 0 Å². The number of halogens is 3. The fourth-order valence-corrected chi connectivity index (χ4v) is 1.04. The van der Waals surface area contributed by atoms with Crippen molar-refractivity contribution in [3.05, 3.63) is 12.0 Å². The van der Waals surface area contributed by atoms with Crippen molar-refractivity contribution < 1.29 is 4.39 Å². The van der Waals surface area contributed by atoms with Crippen LogP contribution in [0.15, 0.2) is 17.0 Å². The van der Waals surface area contributed by atoms with Crippen molar-refractivity contribution in [1.82, 2.24) is 0 Å². The largest absolute Gasteiger partial charge is 0.265 e. The molecule has 4 heteroatoms. The van der Waals surface area contributed by atoms with Crippen LogP contribution in [0.25, 0.3) is 0 Å². The van der Waals surface area contributed by atoms with Gasteiger partial charge < -0.3 is 0 Å². The number of nitrogens with zero attached hydrogens (tertiary/aromatic N) is 1. The molecule has 2 atom stereocenters. The Balaban J connectivity index is 2.93. The Bertz CT molecular complexity index is 200. The third-order valence-electron chi connectivity index (χ3n) is 1.39. The van der Waals surface area contributed by atoms with E-state index in [2.05, 4.69) is 20.9 Å². The summed E-state index contributed by atoms with van der Waals surface area (Å²) in [6.45, 7) is 1.60. The van der Waals surface area contributed by atoms with Gasteiger partial charge in [-0.1, -0.05) is 15.9 Å². The van der Waals surface area contributed by atoms with Crippen LogP contribution in [0.5, 0.6) is 0 Å². The highest BCUT2D eigenvalue weighted by Gasteiger charge is 2.35. The Hall–Kier alpha value is 0.110. The molecule has 0 N–H and O–H groups in total. The summed E-state index contributed by atoms with van der Waals surface area (Å²) >= 11 is 8.98. The van der Waals surface area contributed by atoms with E-state index in [0.29, 0.717) is 0 Å². The Labute approximate surface area is 72.1 Å². The molecule has 1 unspecified atom stereocenters. The molecule has 0 saturated heterocycles. The molecule has 0 spiro atoms. The van der Waals surface area contributed by atoms with Gasteiger partial charge in [0.15, 0.2) is 0 Å². The molecule has 0 aromatic carbocycles. The molecule has 0 saturated carbocycles. The number of hydrogen-bond acceptors (Lipinski definition) is 1. The molecule has 1 rings (SSSR count). The van der Waals surface area contributed by atoms with Crippen molar-refractivity contribution in [3.8, 4) is 0 Å². The highest BCUT2D eigenvalue weighted by molar-refractivity contribution is 9.10. The van der Waals surface area contributed by atoms with E-state index in [1.54, 1.807) is 13.1 Å². The van der Waals surface area contributed by atoms with Crippen LogP contribution in [0.2, 0.25) is 0 Å². The Morgan fingerprint density at radius 1 is 1.90 bits per heavy atom. The molecular weight excluding hydrogens is 220 g/mol. The van der Waals surface area contributed by atoms with E-state index in [-0.39, 0.29) is 4.83 Å². The number of allylic oxidation sites excluding steroid dienone is 1. The van der Waals surface area contributed by atoms with E-state index in [4.69, 9.17) is 11.6 Å². The lowest BCUT2D eigenvalue weighted by atomic mass is 10.1. The van der Waals surface area contributed by atoms with Crippen molar-refractivity contribution in [2.24, 2.45) is 4.99 Å². The summed E-state index contributed by atoms with van der Waals surface area (Å²) in [5.41, 5.74) is 0. The summed E-state index contributed by atoms with van der Waals surface area (Å²) in [5, 5.41) is 0. The molecule has 56 valence electrons. The summed E-state index contributed by atoms with van der Waals surface area (Å²) in [5.74, 6) is -0.404. The number of rotatable bonds is 0. The molecule has 0 bridgehead atoms. The lowest BCUT2D eigenvalue weighted by Gasteiger charge is -2.24. The molecule has 0 aromatic rings. The highest BCUT2D eigenvalue weighted by atomic mass is 79.9. The van der Waals surface area contributed by atoms with Gasteiger partial charge in [0, 0.05) is 6.21 Å². The lowest BCUT2D eigenvalue weighted by molar-refractivity contribution is 0.527. The maximum absolute atomic E-state index is 12.8. The van der Waals surface area contributed by atoms with Crippen LogP contribution >= 0.6 is 27.5 Å². The third kappa shape index (κ3) is 1.25. The molecule has 1 aliphatic rings. The second-order valence-corrected chi connectivity index (χ2v) is 4.02. The first-order chi connectivity index (χ1) is 4.55. The maximum atomic E-state index is 12.8. The van der Waals surface area contributed by atoms with Crippen molar-refractivity contribution in [1.29, 1.82) is 0 Å². The molecule has 1 aliphatic heterocycles. The number of aliphatic imine (C=N–C) groups is 1. The average Bonchev–Trinajstić information content (AvgIpc) is 1.84. The second kappa shape index (κ2) is 2.62. The van der Waals surface area contributed by atoms with Crippen LogP contribution in [-0.2, 0) is 0 Å². The van der Waals surface area contributed by atoms with Gasteiger partial charge in [-0.3, -0.25) is 4.99 Å². The molecule has 0 amide bonds. The fourth-order valence-electron chi connectivity index (χ4n) is 0.582. The number of hydrogen-bond donors (Lipinski definition) is 0. The number of alkyl halides is 2. The first-order valence-corrected chi connectivity index (χ1v) is 4.07. The molecular formula is C6H6BrClFN. The van der Waals surface area contributed by atoms with Gasteiger partial charge in [0.2, 0.25) is 0 Å². The topological polar surface area (TPSA) is 12.4 Å². The van der Waals surface area contributed by atoms with Gasteiger partial charge in [-0.05, 0) is 6.92 Å². The summed E-state index contributed by atoms with van der Waals surface area (Å²) in [6.07, 6.45) is 2.70. The van der Waals surface area contributed by atoms with E-state index < -0.39 is 10.7 Å². The minimum Gasteiger partial charge on any atom is -0.265 e. The van der Waals surface area contributed by atoms with Gasteiger partial charge in [0.25, 0.3) is 0 Å². The summed E-state index contributed by atoms with van der Waals surface area (Å²) in [6, 6.07) is 0. The van der Waals surface area contributed by atoms with Crippen molar-refractivity contribution in [2.45, 2.75) is 16.6 Å². The normalized spacial score (nSPS) is 39.6. The SMILES string of the molecule is CC1(Cl)C(F)=CN=C[C@H]1Br. The Morgan fingerprint density at radius 3 is 2.90 bits per heavy atom. The molecule has 1 nitrogen and oxygen atoms in total. The smallest absolute Gasteiger partial charge is 0.140 e. The van der Waals surface area contributed by atoms with Crippen molar-refractivity contribution >= 4 is 33.7 Å². The van der Waals surface area contributed by atoms with Gasteiger partial charge in [0.1, 0.15) is 10.7 Å². The average molecular weight is 226 g/mol. The summed E-state index contributed by atoms with van der Waals surface area (Å²) < 4.78 is 12.8. The molecule has 0 radical (unpaired) electrons. The Kier molecular flexibility index (Phi) is 2.15. The minimum absolute atomic E-state index is 0.230. The van der Waals surface area contributed by atoms with E-state index >= 15 is 0 Å². The molecule has 0 aromatic heterocycles. The maximum Gasteiger partial charge on any atom is 0.140 e. The van der Waals surface area contributed by atoms with E-state index in [1.807, 2.05) is 0 Å². The van der Waals surface area contributed by atoms with Gasteiger partial charge in [-0.15, -0.1) is 11.6 Å². The second-order valence-electron chi connectivity index (χ2n) is 2.25. The quantitative estimate of drug-likeness (QED) is 0.563. The molecule has 0 fully saturated rings. The van der Waals surface area contributed by atoms with E-state index in [9.17, 15) is 4.39 Å². The van der Waals surface area contributed by atoms with Crippen LogP contribution in [0.1, 0.15) is 6.92 Å². The lowest BCUT2D eigenvalue weighted by Crippen LogP contribution is -2.32. The molecule has 1 heterocycles. The van der Waals surface area contributed by atoms with Crippen molar-refractivity contribution in [2.75, 3.05) is 0 Å². The fraction of sp³-hybridized carbons (Fsp3) is 0.500. The zero-order chi connectivity index (χ0) is 7.78. The van der Waals surface area contributed by atoms with Gasteiger partial charge in [0.05, 0.1) is 11.0 Å². The monoisotopic (exact) mass is 225 g/mol. The van der Waals surface area contributed by atoms with Crippen LogP contribution in [-0.4, -0.2) is 15.9 Å². The summed E-state index contributed by atoms with van der Waals surface area (Å²) in [7, 11) is 0. The predicted octanol–water partition coefficient (Wildman–Crippen LogP) is 2.64. The van der Waals surface area contributed by atoms with E-state index in [1.165, 1.54) is 0 Å². The van der Waals surface area contributed by atoms with E-state index in [0.717, 1.165) is 6.20 Å². The molecule has 10 heavy (non-hydrogen) atoms. The standard InChI is InChI=1S/C6H6BrClFN/c1-6(8)4(7)2-10-3-5(6)9/h2-4H,1H3/t4-,6?/m1/s1. The van der Waals surface area contributed by atoms with Gasteiger partial charge in [-0.2, -0.15) is 0 Å². The third-order valence-corrected chi connectivity index (χ3v) is 3.22. The first-order valence-electron chi connectivity index (χ1n) is 2.77. The summed E-state index contributed by atoms with van der Waals surface area (Å²) in [4.78, 5) is 2.44. The minimum atomic E-state index is -0.970. The van der Waals surface area contributed by atoms with Crippen LogP contribution in [0, 0.1) is 0 Å². The van der Waals surface area contributed by atoms with Crippen LogP contribution in [0.4, 0.5) is 4.39 Å². The predicted molar refractivity (Wildman–Crippen MR) is 44.7 cm³/mol. The highest BCUT2D eigenvalue weighted by Crippen LogP contribution is 2.35.